The first-order valence-electron chi connectivity index (χ1n) is 6.76. The summed E-state index contributed by atoms with van der Waals surface area (Å²) in [5, 5.41) is 11.4. The Kier molecular flexibility index (Phi) is 6.38. The van der Waals surface area contributed by atoms with Crippen LogP contribution in [-0.4, -0.2) is 42.4 Å². The zero-order chi connectivity index (χ0) is 14.6. The predicted octanol–water partition coefficient (Wildman–Crippen LogP) is 3.61. The van der Waals surface area contributed by atoms with Crippen LogP contribution in [0.4, 0.5) is 0 Å². The lowest BCUT2D eigenvalue weighted by atomic mass is 9.74. The van der Waals surface area contributed by atoms with E-state index in [9.17, 15) is 5.21 Å². The van der Waals surface area contributed by atoms with E-state index in [1.807, 2.05) is 14.1 Å². The van der Waals surface area contributed by atoms with Gasteiger partial charge >= 0.3 is 0 Å². The predicted molar refractivity (Wildman–Crippen MR) is 78.7 cm³/mol. The molecule has 3 nitrogen and oxygen atoms in total. The largest absolute Gasteiger partial charge is 0.309 e. The third-order valence-corrected chi connectivity index (χ3v) is 3.04. The second-order valence-corrected chi connectivity index (χ2v) is 7.35. The van der Waals surface area contributed by atoms with Gasteiger partial charge in [0.1, 0.15) is 0 Å². The van der Waals surface area contributed by atoms with Crippen molar-refractivity contribution in [3.63, 3.8) is 0 Å². The molecule has 0 atom stereocenters. The fourth-order valence-electron chi connectivity index (χ4n) is 2.45. The minimum absolute atomic E-state index is 0.0783. The molecule has 0 aliphatic heterocycles. The third kappa shape index (κ3) is 7.02. The summed E-state index contributed by atoms with van der Waals surface area (Å²) in [6.07, 6.45) is 1.94. The smallest absolute Gasteiger partial charge is 0.0461 e. The van der Waals surface area contributed by atoms with Crippen LogP contribution in [0, 0.1) is 10.8 Å². The SMILES string of the molecule is C=C(N(O)CCCN(C)C)C(C)(C)CC(C)(C)C. The lowest BCUT2D eigenvalue weighted by Crippen LogP contribution is -2.33. The molecule has 0 heterocycles. The molecule has 0 saturated heterocycles. The molecule has 0 aliphatic rings. The van der Waals surface area contributed by atoms with Gasteiger partial charge in [-0.2, -0.15) is 0 Å². The number of hydrogen-bond acceptors (Lipinski definition) is 3. The quantitative estimate of drug-likeness (QED) is 0.705. The van der Waals surface area contributed by atoms with Crippen molar-refractivity contribution in [3.05, 3.63) is 12.3 Å². The Hall–Kier alpha value is -0.540. The topological polar surface area (TPSA) is 26.7 Å². The summed E-state index contributed by atoms with van der Waals surface area (Å²) in [6.45, 7) is 16.6. The summed E-state index contributed by atoms with van der Waals surface area (Å²) in [4.78, 5) is 2.12. The van der Waals surface area contributed by atoms with E-state index in [2.05, 4.69) is 46.1 Å². The molecule has 0 aromatic rings. The number of hydrogen-bond donors (Lipinski definition) is 1. The summed E-state index contributed by atoms with van der Waals surface area (Å²) in [6, 6.07) is 0. The van der Waals surface area contributed by atoms with Crippen molar-refractivity contribution in [1.29, 1.82) is 0 Å². The molecule has 108 valence electrons. The number of rotatable bonds is 7. The maximum atomic E-state index is 10.1. The Balaban J connectivity index is 4.35. The molecule has 0 aromatic carbocycles. The number of allylic oxidation sites excluding steroid dienone is 1. The van der Waals surface area contributed by atoms with Crippen LogP contribution in [-0.2, 0) is 0 Å². The van der Waals surface area contributed by atoms with E-state index in [-0.39, 0.29) is 10.8 Å². The molecular weight excluding hydrogens is 224 g/mol. The summed E-state index contributed by atoms with van der Waals surface area (Å²) in [7, 11) is 4.08. The highest BCUT2D eigenvalue weighted by Crippen LogP contribution is 2.38. The zero-order valence-electron chi connectivity index (χ0n) is 13.4. The highest BCUT2D eigenvalue weighted by molar-refractivity contribution is 5.05. The molecule has 0 radical (unpaired) electrons. The molecule has 0 spiro atoms. The van der Waals surface area contributed by atoms with Crippen LogP contribution >= 0.6 is 0 Å². The van der Waals surface area contributed by atoms with Crippen LogP contribution in [0.15, 0.2) is 12.3 Å². The van der Waals surface area contributed by atoms with Crippen molar-refractivity contribution in [2.24, 2.45) is 10.8 Å². The van der Waals surface area contributed by atoms with Crippen molar-refractivity contribution in [2.75, 3.05) is 27.2 Å². The standard InChI is InChI=1S/C15H32N2O/c1-13(15(5,6)12-14(2,3)4)17(18)11-9-10-16(7)8/h18H,1,9-12H2,2-8H3. The van der Waals surface area contributed by atoms with Gasteiger partial charge in [0.05, 0.1) is 0 Å². The Labute approximate surface area is 113 Å². The first kappa shape index (κ1) is 17.5. The Bertz CT molecular complexity index is 264. The van der Waals surface area contributed by atoms with E-state index in [0.717, 1.165) is 25.1 Å². The minimum atomic E-state index is -0.0783. The molecule has 0 aromatic heterocycles. The molecule has 0 saturated carbocycles. The first-order valence-corrected chi connectivity index (χ1v) is 6.76. The summed E-state index contributed by atoms with van der Waals surface area (Å²) < 4.78 is 0. The van der Waals surface area contributed by atoms with Gasteiger partial charge in [-0.15, -0.1) is 0 Å². The van der Waals surface area contributed by atoms with E-state index in [4.69, 9.17) is 0 Å². The molecule has 0 fully saturated rings. The van der Waals surface area contributed by atoms with Gasteiger partial charge in [0, 0.05) is 17.7 Å². The molecule has 0 bridgehead atoms. The van der Waals surface area contributed by atoms with E-state index in [1.165, 1.54) is 5.06 Å². The van der Waals surface area contributed by atoms with Crippen LogP contribution in [0.2, 0.25) is 0 Å². The van der Waals surface area contributed by atoms with Crippen LogP contribution in [0.3, 0.4) is 0 Å². The zero-order valence-corrected chi connectivity index (χ0v) is 13.4. The molecule has 3 heteroatoms. The monoisotopic (exact) mass is 256 g/mol. The fraction of sp³-hybridized carbons (Fsp3) is 0.867. The average Bonchev–Trinajstić information content (AvgIpc) is 2.11. The van der Waals surface area contributed by atoms with Crippen molar-refractivity contribution in [2.45, 2.75) is 47.5 Å². The second-order valence-electron chi connectivity index (χ2n) is 7.35. The molecule has 0 unspecified atom stereocenters. The Morgan fingerprint density at radius 2 is 1.56 bits per heavy atom. The molecular formula is C15H32N2O. The summed E-state index contributed by atoms with van der Waals surface area (Å²) in [5.41, 5.74) is 0.971. The van der Waals surface area contributed by atoms with Gasteiger partial charge in [-0.05, 0) is 38.9 Å². The van der Waals surface area contributed by atoms with Crippen molar-refractivity contribution < 1.29 is 5.21 Å². The first-order chi connectivity index (χ1) is 7.96. The van der Waals surface area contributed by atoms with Gasteiger partial charge in [-0.25, -0.2) is 0 Å². The normalized spacial score (nSPS) is 12.9. The molecule has 0 rings (SSSR count). The van der Waals surface area contributed by atoms with E-state index in [1.54, 1.807) is 0 Å². The number of hydroxylamine groups is 2. The highest BCUT2D eigenvalue weighted by atomic mass is 16.5. The lowest BCUT2D eigenvalue weighted by Gasteiger charge is -2.37. The van der Waals surface area contributed by atoms with Crippen LogP contribution < -0.4 is 0 Å². The molecule has 18 heavy (non-hydrogen) atoms. The summed E-state index contributed by atoms with van der Waals surface area (Å²) >= 11 is 0. The maximum Gasteiger partial charge on any atom is 0.0461 e. The van der Waals surface area contributed by atoms with Crippen LogP contribution in [0.1, 0.15) is 47.5 Å². The Morgan fingerprint density at radius 3 is 1.94 bits per heavy atom. The van der Waals surface area contributed by atoms with Crippen LogP contribution in [0.5, 0.6) is 0 Å². The van der Waals surface area contributed by atoms with Crippen molar-refractivity contribution in [3.8, 4) is 0 Å². The molecule has 0 amide bonds. The van der Waals surface area contributed by atoms with Crippen molar-refractivity contribution >= 4 is 0 Å². The van der Waals surface area contributed by atoms with Gasteiger partial charge in [-0.3, -0.25) is 10.3 Å². The van der Waals surface area contributed by atoms with E-state index < -0.39 is 0 Å². The van der Waals surface area contributed by atoms with Gasteiger partial charge < -0.3 is 4.90 Å². The van der Waals surface area contributed by atoms with Crippen molar-refractivity contribution in [1.82, 2.24) is 9.96 Å². The average molecular weight is 256 g/mol. The van der Waals surface area contributed by atoms with Gasteiger partial charge in [-0.1, -0.05) is 41.2 Å². The van der Waals surface area contributed by atoms with Crippen LogP contribution in [0.25, 0.3) is 0 Å². The Morgan fingerprint density at radius 1 is 1.06 bits per heavy atom. The van der Waals surface area contributed by atoms with Gasteiger partial charge in [0.15, 0.2) is 0 Å². The maximum absolute atomic E-state index is 10.1. The highest BCUT2D eigenvalue weighted by Gasteiger charge is 2.30. The van der Waals surface area contributed by atoms with E-state index >= 15 is 0 Å². The molecule has 1 N–H and O–H groups in total. The van der Waals surface area contributed by atoms with Gasteiger partial charge in [0.2, 0.25) is 0 Å². The fourth-order valence-corrected chi connectivity index (χ4v) is 2.45. The lowest BCUT2D eigenvalue weighted by molar-refractivity contribution is -0.0771. The summed E-state index contributed by atoms with van der Waals surface area (Å²) in [5.74, 6) is 0. The van der Waals surface area contributed by atoms with E-state index in [0.29, 0.717) is 6.54 Å². The number of nitrogens with zero attached hydrogens (tertiary/aromatic N) is 2. The minimum Gasteiger partial charge on any atom is -0.309 e. The third-order valence-electron chi connectivity index (χ3n) is 3.04. The second kappa shape index (κ2) is 6.58. The molecule has 0 aliphatic carbocycles. The van der Waals surface area contributed by atoms with Gasteiger partial charge in [0.25, 0.3) is 0 Å².